The Morgan fingerprint density at radius 1 is 1.19 bits per heavy atom. The van der Waals surface area contributed by atoms with Gasteiger partial charge in [0, 0.05) is 11.6 Å². The van der Waals surface area contributed by atoms with Gasteiger partial charge in [0.25, 0.3) is 0 Å². The monoisotopic (exact) mass is 372 g/mol. The number of halogens is 1. The normalized spacial score (nSPS) is 10.5. The van der Waals surface area contributed by atoms with Gasteiger partial charge in [0.1, 0.15) is 18.0 Å². The van der Waals surface area contributed by atoms with E-state index < -0.39 is 5.97 Å². The van der Waals surface area contributed by atoms with Crippen LogP contribution in [0.5, 0.6) is 0 Å². The molecule has 0 radical (unpaired) electrons. The number of aromatic nitrogens is 1. The Kier molecular flexibility index (Phi) is 5.43. The minimum atomic E-state index is -0.523. The second kappa shape index (κ2) is 7.93. The quantitative estimate of drug-likeness (QED) is 0.672. The van der Waals surface area contributed by atoms with E-state index in [1.54, 1.807) is 41.0 Å². The predicted octanol–water partition coefficient (Wildman–Crippen LogP) is 3.50. The van der Waals surface area contributed by atoms with E-state index in [4.69, 9.17) is 20.8 Å². The molecule has 3 aromatic rings. The first-order valence-electron chi connectivity index (χ1n) is 7.91. The number of esters is 1. The zero-order valence-electron chi connectivity index (χ0n) is 14.1. The zero-order valence-corrected chi connectivity index (χ0v) is 14.8. The highest BCUT2D eigenvalue weighted by molar-refractivity contribution is 6.30. The van der Waals surface area contributed by atoms with E-state index in [1.165, 1.54) is 13.4 Å². The molecule has 3 rings (SSSR count). The minimum absolute atomic E-state index is 0.0476. The molecule has 2 aromatic heterocycles. The summed E-state index contributed by atoms with van der Waals surface area (Å²) in [4.78, 5) is 24.4. The van der Waals surface area contributed by atoms with E-state index in [1.807, 2.05) is 12.1 Å². The number of carbonyl (C=O) groups is 2. The number of rotatable bonds is 6. The lowest BCUT2D eigenvalue weighted by molar-refractivity contribution is -0.121. The molecule has 0 saturated heterocycles. The maximum atomic E-state index is 12.4. The van der Waals surface area contributed by atoms with Crippen molar-refractivity contribution in [3.05, 3.63) is 71.1 Å². The van der Waals surface area contributed by atoms with E-state index in [2.05, 4.69) is 5.32 Å². The van der Waals surface area contributed by atoms with Crippen LogP contribution in [0.2, 0.25) is 5.02 Å². The number of methoxy groups -OCH3 is 1. The highest BCUT2D eigenvalue weighted by Crippen LogP contribution is 2.23. The summed E-state index contributed by atoms with van der Waals surface area (Å²) in [5.74, 6) is -0.215. The average Bonchev–Trinajstić information content (AvgIpc) is 3.29. The van der Waals surface area contributed by atoms with Gasteiger partial charge in [-0.1, -0.05) is 23.7 Å². The molecule has 0 unspecified atom stereocenters. The molecule has 26 heavy (non-hydrogen) atoms. The number of amides is 1. The number of nitrogens with zero attached hydrogens (tertiary/aromatic N) is 1. The molecule has 0 bridgehead atoms. The molecule has 2 heterocycles. The summed E-state index contributed by atoms with van der Waals surface area (Å²) in [6.45, 7) is 0.290. The second-order valence-corrected chi connectivity index (χ2v) is 6.00. The van der Waals surface area contributed by atoms with Gasteiger partial charge in [-0.05, 0) is 42.0 Å². The fourth-order valence-electron chi connectivity index (χ4n) is 2.61. The highest BCUT2D eigenvalue weighted by atomic mass is 35.5. The molecule has 0 aliphatic rings. The van der Waals surface area contributed by atoms with Crippen molar-refractivity contribution >= 4 is 23.5 Å². The summed E-state index contributed by atoms with van der Waals surface area (Å²) in [7, 11) is 1.30. The Morgan fingerprint density at radius 3 is 2.73 bits per heavy atom. The largest absolute Gasteiger partial charge is 0.464 e. The Morgan fingerprint density at radius 2 is 2.04 bits per heavy atom. The molecule has 0 saturated carbocycles. The first-order valence-corrected chi connectivity index (χ1v) is 8.29. The van der Waals surface area contributed by atoms with Gasteiger partial charge in [0.15, 0.2) is 0 Å². The number of hydrogen-bond donors (Lipinski definition) is 1. The van der Waals surface area contributed by atoms with Crippen molar-refractivity contribution in [2.75, 3.05) is 7.11 Å². The summed E-state index contributed by atoms with van der Waals surface area (Å²) in [6, 6.07) is 14.1. The van der Waals surface area contributed by atoms with Gasteiger partial charge in [-0.25, -0.2) is 4.79 Å². The third kappa shape index (κ3) is 3.97. The van der Waals surface area contributed by atoms with Crippen LogP contribution in [0.3, 0.4) is 0 Å². The van der Waals surface area contributed by atoms with Crippen LogP contribution in [0, 0.1) is 0 Å². The van der Waals surface area contributed by atoms with Gasteiger partial charge < -0.3 is 19.0 Å². The van der Waals surface area contributed by atoms with Crippen LogP contribution in [0.4, 0.5) is 0 Å². The first-order chi connectivity index (χ1) is 12.6. The number of furan rings is 1. The highest BCUT2D eigenvalue weighted by Gasteiger charge is 2.19. The zero-order chi connectivity index (χ0) is 18.5. The number of ether oxygens (including phenoxy) is 1. The number of benzene rings is 1. The molecule has 134 valence electrons. The van der Waals surface area contributed by atoms with E-state index in [-0.39, 0.29) is 18.1 Å². The summed E-state index contributed by atoms with van der Waals surface area (Å²) in [5, 5.41) is 3.43. The summed E-state index contributed by atoms with van der Waals surface area (Å²) in [5.41, 5.74) is 1.78. The topological polar surface area (TPSA) is 73.5 Å². The van der Waals surface area contributed by atoms with Crippen molar-refractivity contribution in [3.8, 4) is 11.5 Å². The van der Waals surface area contributed by atoms with Gasteiger partial charge in [0.2, 0.25) is 5.91 Å². The predicted molar refractivity (Wildman–Crippen MR) is 96.8 cm³/mol. The minimum Gasteiger partial charge on any atom is -0.464 e. The number of carbonyl (C=O) groups excluding carboxylic acids is 2. The van der Waals surface area contributed by atoms with Gasteiger partial charge in [0.05, 0.1) is 19.1 Å². The van der Waals surface area contributed by atoms with Gasteiger partial charge in [-0.3, -0.25) is 4.79 Å². The fourth-order valence-corrected chi connectivity index (χ4v) is 2.82. The Bertz CT molecular complexity index is 916. The maximum Gasteiger partial charge on any atom is 0.354 e. The Labute approximate surface area is 155 Å². The molecule has 0 aliphatic heterocycles. The SMILES string of the molecule is COC(=O)c1ccc(-c2ccco2)n1CC(=O)NCc1cccc(Cl)c1. The maximum absolute atomic E-state index is 12.4. The van der Waals surface area contributed by atoms with Crippen LogP contribution in [0.15, 0.2) is 59.2 Å². The van der Waals surface area contributed by atoms with E-state index in [0.717, 1.165) is 5.56 Å². The molecule has 7 heteroatoms. The lowest BCUT2D eigenvalue weighted by Gasteiger charge is -2.12. The third-order valence-electron chi connectivity index (χ3n) is 3.83. The molecule has 1 amide bonds. The molecular weight excluding hydrogens is 356 g/mol. The smallest absolute Gasteiger partial charge is 0.354 e. The van der Waals surface area contributed by atoms with E-state index in [9.17, 15) is 9.59 Å². The molecule has 0 atom stereocenters. The van der Waals surface area contributed by atoms with Crippen molar-refractivity contribution < 1.29 is 18.7 Å². The third-order valence-corrected chi connectivity index (χ3v) is 4.06. The van der Waals surface area contributed by atoms with E-state index >= 15 is 0 Å². The van der Waals surface area contributed by atoms with Crippen molar-refractivity contribution in [1.29, 1.82) is 0 Å². The lowest BCUT2D eigenvalue weighted by Crippen LogP contribution is -2.28. The summed E-state index contributed by atoms with van der Waals surface area (Å²) in [6.07, 6.45) is 1.53. The van der Waals surface area contributed by atoms with Crippen LogP contribution >= 0.6 is 11.6 Å². The molecule has 1 N–H and O–H groups in total. The standard InChI is InChI=1S/C19H17ClN2O4/c1-25-19(24)16-8-7-15(17-6-3-9-26-17)22(16)12-18(23)21-11-13-4-2-5-14(20)10-13/h2-10H,11-12H2,1H3,(H,21,23). The van der Waals surface area contributed by atoms with Crippen molar-refractivity contribution in [2.24, 2.45) is 0 Å². The first kappa shape index (κ1) is 17.8. The molecule has 0 aliphatic carbocycles. The molecule has 0 spiro atoms. The van der Waals surface area contributed by atoms with Gasteiger partial charge in [-0.2, -0.15) is 0 Å². The fraction of sp³-hybridized carbons (Fsp3) is 0.158. The van der Waals surface area contributed by atoms with Crippen LogP contribution < -0.4 is 5.32 Å². The van der Waals surface area contributed by atoms with Gasteiger partial charge in [-0.15, -0.1) is 0 Å². The van der Waals surface area contributed by atoms with Crippen molar-refractivity contribution in [1.82, 2.24) is 9.88 Å². The molecule has 1 aromatic carbocycles. The number of nitrogens with one attached hydrogen (secondary N) is 1. The van der Waals surface area contributed by atoms with Crippen molar-refractivity contribution in [3.63, 3.8) is 0 Å². The lowest BCUT2D eigenvalue weighted by atomic mass is 10.2. The summed E-state index contributed by atoms with van der Waals surface area (Å²) >= 11 is 5.95. The van der Waals surface area contributed by atoms with Gasteiger partial charge >= 0.3 is 5.97 Å². The average molecular weight is 373 g/mol. The Balaban J connectivity index is 1.78. The second-order valence-electron chi connectivity index (χ2n) is 5.57. The van der Waals surface area contributed by atoms with Crippen LogP contribution in [0.1, 0.15) is 16.1 Å². The van der Waals surface area contributed by atoms with E-state index in [0.29, 0.717) is 23.0 Å². The van der Waals surface area contributed by atoms with Crippen LogP contribution in [0.25, 0.3) is 11.5 Å². The van der Waals surface area contributed by atoms with Crippen LogP contribution in [-0.4, -0.2) is 23.6 Å². The molecule has 6 nitrogen and oxygen atoms in total. The molecule has 0 fully saturated rings. The van der Waals surface area contributed by atoms with Crippen molar-refractivity contribution in [2.45, 2.75) is 13.1 Å². The number of hydrogen-bond acceptors (Lipinski definition) is 4. The summed E-state index contributed by atoms with van der Waals surface area (Å²) < 4.78 is 11.8. The Hall–Kier alpha value is -2.99. The van der Waals surface area contributed by atoms with Crippen LogP contribution in [-0.2, 0) is 22.6 Å². The molecular formula is C19H17ClN2O4.